The Labute approximate surface area is 75.6 Å². The molecule has 0 heterocycles. The normalized spacial score (nSPS) is 15.2. The van der Waals surface area contributed by atoms with Crippen LogP contribution in [0.3, 0.4) is 0 Å². The lowest BCUT2D eigenvalue weighted by molar-refractivity contribution is 0.0487. The molecular weight excluding hydrogens is 152 g/mol. The molecule has 1 atom stereocenters. The molecule has 0 aromatic rings. The number of likely N-dealkylation sites (N-methyl/N-ethyl adjacent to an activating group) is 1. The minimum absolute atomic E-state index is 0.144. The topological polar surface area (TPSA) is 49.5 Å². The van der Waals surface area contributed by atoms with Gasteiger partial charge in [-0.3, -0.25) is 4.90 Å². The highest BCUT2D eigenvalue weighted by molar-refractivity contribution is 4.81. The number of aliphatic hydroxyl groups is 1. The molecule has 3 N–H and O–H groups in total. The van der Waals surface area contributed by atoms with Crippen molar-refractivity contribution in [2.45, 2.75) is 38.8 Å². The van der Waals surface area contributed by atoms with E-state index in [9.17, 15) is 0 Å². The SMILES string of the molecule is CC(CCN)N(C)C(C)(C)CO. The van der Waals surface area contributed by atoms with Crippen LogP contribution in [0, 0.1) is 0 Å². The Hall–Kier alpha value is -0.120. The zero-order chi connectivity index (χ0) is 9.78. The van der Waals surface area contributed by atoms with Crippen LogP contribution in [0.5, 0.6) is 0 Å². The molecule has 0 fully saturated rings. The summed E-state index contributed by atoms with van der Waals surface area (Å²) in [4.78, 5) is 2.17. The fraction of sp³-hybridized carbons (Fsp3) is 1.00. The van der Waals surface area contributed by atoms with E-state index in [0.717, 1.165) is 6.42 Å². The Morgan fingerprint density at radius 3 is 2.33 bits per heavy atom. The third-order valence-corrected chi connectivity index (χ3v) is 2.59. The van der Waals surface area contributed by atoms with Crippen molar-refractivity contribution in [2.75, 3.05) is 20.2 Å². The highest BCUT2D eigenvalue weighted by Crippen LogP contribution is 2.15. The van der Waals surface area contributed by atoms with Crippen LogP contribution in [0.15, 0.2) is 0 Å². The van der Waals surface area contributed by atoms with Crippen LogP contribution in [0.2, 0.25) is 0 Å². The predicted octanol–water partition coefficient (Wildman–Crippen LogP) is 0.426. The molecule has 0 aromatic heterocycles. The van der Waals surface area contributed by atoms with Gasteiger partial charge in [0.15, 0.2) is 0 Å². The van der Waals surface area contributed by atoms with Crippen molar-refractivity contribution in [1.82, 2.24) is 4.90 Å². The van der Waals surface area contributed by atoms with Crippen molar-refractivity contribution in [3.05, 3.63) is 0 Å². The summed E-state index contributed by atoms with van der Waals surface area (Å²) in [5.74, 6) is 0. The van der Waals surface area contributed by atoms with Crippen molar-refractivity contribution in [3.63, 3.8) is 0 Å². The van der Waals surface area contributed by atoms with E-state index in [-0.39, 0.29) is 12.1 Å². The quantitative estimate of drug-likeness (QED) is 0.635. The Balaban J connectivity index is 4.07. The number of nitrogens with zero attached hydrogens (tertiary/aromatic N) is 1. The summed E-state index contributed by atoms with van der Waals surface area (Å²) in [5.41, 5.74) is 5.32. The van der Waals surface area contributed by atoms with E-state index in [4.69, 9.17) is 10.8 Å². The summed E-state index contributed by atoms with van der Waals surface area (Å²) < 4.78 is 0. The molecule has 0 rings (SSSR count). The summed E-state index contributed by atoms with van der Waals surface area (Å²) in [5, 5.41) is 9.11. The van der Waals surface area contributed by atoms with Gasteiger partial charge in [0.1, 0.15) is 0 Å². The van der Waals surface area contributed by atoms with Gasteiger partial charge in [-0.05, 0) is 40.8 Å². The Morgan fingerprint density at radius 1 is 1.50 bits per heavy atom. The fourth-order valence-electron chi connectivity index (χ4n) is 1.14. The van der Waals surface area contributed by atoms with E-state index in [1.807, 2.05) is 20.9 Å². The first-order valence-electron chi connectivity index (χ1n) is 4.49. The summed E-state index contributed by atoms with van der Waals surface area (Å²) in [7, 11) is 2.02. The zero-order valence-corrected chi connectivity index (χ0v) is 8.67. The smallest absolute Gasteiger partial charge is 0.0610 e. The molecule has 3 heteroatoms. The summed E-state index contributed by atoms with van der Waals surface area (Å²) in [6, 6.07) is 0.428. The minimum Gasteiger partial charge on any atom is -0.394 e. The van der Waals surface area contributed by atoms with E-state index >= 15 is 0 Å². The molecule has 0 aliphatic carbocycles. The predicted molar refractivity (Wildman–Crippen MR) is 52.1 cm³/mol. The Morgan fingerprint density at radius 2 is 2.00 bits per heavy atom. The van der Waals surface area contributed by atoms with E-state index in [1.165, 1.54) is 0 Å². The molecule has 0 aliphatic rings. The number of hydrogen-bond acceptors (Lipinski definition) is 3. The molecular formula is C9H22N2O. The zero-order valence-electron chi connectivity index (χ0n) is 8.67. The molecule has 3 nitrogen and oxygen atoms in total. The monoisotopic (exact) mass is 174 g/mol. The first kappa shape index (κ1) is 11.9. The molecule has 0 aliphatic heterocycles. The van der Waals surface area contributed by atoms with Crippen LogP contribution in [0.25, 0.3) is 0 Å². The minimum atomic E-state index is -0.144. The highest BCUT2D eigenvalue weighted by atomic mass is 16.3. The maximum absolute atomic E-state index is 9.11. The second-order valence-corrected chi connectivity index (χ2v) is 4.01. The Bertz CT molecular complexity index is 126. The standard InChI is InChI=1S/C9H22N2O/c1-8(5-6-10)11(4)9(2,3)7-12/h8,12H,5-7,10H2,1-4H3. The van der Waals surface area contributed by atoms with Gasteiger partial charge in [-0.15, -0.1) is 0 Å². The first-order chi connectivity index (χ1) is 5.45. The molecule has 0 bridgehead atoms. The first-order valence-corrected chi connectivity index (χ1v) is 4.49. The molecule has 0 amide bonds. The van der Waals surface area contributed by atoms with Gasteiger partial charge in [0, 0.05) is 11.6 Å². The number of rotatable bonds is 5. The van der Waals surface area contributed by atoms with E-state index < -0.39 is 0 Å². The van der Waals surface area contributed by atoms with Crippen molar-refractivity contribution >= 4 is 0 Å². The van der Waals surface area contributed by atoms with Crippen LogP contribution >= 0.6 is 0 Å². The second-order valence-electron chi connectivity index (χ2n) is 4.01. The lowest BCUT2D eigenvalue weighted by Gasteiger charge is -2.38. The maximum Gasteiger partial charge on any atom is 0.0610 e. The average Bonchev–Trinajstić information content (AvgIpc) is 2.03. The molecule has 12 heavy (non-hydrogen) atoms. The van der Waals surface area contributed by atoms with E-state index in [2.05, 4.69) is 11.8 Å². The summed E-state index contributed by atoms with van der Waals surface area (Å²) in [6.45, 7) is 7.07. The molecule has 0 aromatic carbocycles. The summed E-state index contributed by atoms with van der Waals surface area (Å²) in [6.07, 6.45) is 0.972. The fourth-order valence-corrected chi connectivity index (χ4v) is 1.14. The van der Waals surface area contributed by atoms with Crippen molar-refractivity contribution in [3.8, 4) is 0 Å². The van der Waals surface area contributed by atoms with Gasteiger partial charge in [0.05, 0.1) is 6.61 Å². The average molecular weight is 174 g/mol. The van der Waals surface area contributed by atoms with Crippen LogP contribution in [0.1, 0.15) is 27.2 Å². The maximum atomic E-state index is 9.11. The third-order valence-electron chi connectivity index (χ3n) is 2.59. The lowest BCUT2D eigenvalue weighted by Crippen LogP contribution is -2.49. The van der Waals surface area contributed by atoms with Gasteiger partial charge in [-0.2, -0.15) is 0 Å². The molecule has 0 spiro atoms. The van der Waals surface area contributed by atoms with Gasteiger partial charge >= 0.3 is 0 Å². The largest absolute Gasteiger partial charge is 0.394 e. The Kier molecular flexibility index (Phi) is 4.75. The van der Waals surface area contributed by atoms with Gasteiger partial charge < -0.3 is 10.8 Å². The summed E-state index contributed by atoms with van der Waals surface area (Å²) >= 11 is 0. The van der Waals surface area contributed by atoms with E-state index in [1.54, 1.807) is 0 Å². The van der Waals surface area contributed by atoms with Gasteiger partial charge in [0.2, 0.25) is 0 Å². The molecule has 74 valence electrons. The third kappa shape index (κ3) is 3.09. The van der Waals surface area contributed by atoms with E-state index in [0.29, 0.717) is 12.6 Å². The number of aliphatic hydroxyl groups excluding tert-OH is 1. The lowest BCUT2D eigenvalue weighted by atomic mass is 10.0. The molecule has 1 unspecified atom stereocenters. The number of nitrogens with two attached hydrogens (primary N) is 1. The van der Waals surface area contributed by atoms with Crippen LogP contribution in [-0.4, -0.2) is 41.8 Å². The van der Waals surface area contributed by atoms with Gasteiger partial charge in [-0.1, -0.05) is 0 Å². The van der Waals surface area contributed by atoms with Gasteiger partial charge in [0.25, 0.3) is 0 Å². The van der Waals surface area contributed by atoms with Crippen LogP contribution in [-0.2, 0) is 0 Å². The van der Waals surface area contributed by atoms with Crippen LogP contribution < -0.4 is 5.73 Å². The molecule has 0 saturated carbocycles. The second kappa shape index (κ2) is 4.80. The van der Waals surface area contributed by atoms with Crippen LogP contribution in [0.4, 0.5) is 0 Å². The molecule has 0 radical (unpaired) electrons. The van der Waals surface area contributed by atoms with Crippen molar-refractivity contribution in [1.29, 1.82) is 0 Å². The van der Waals surface area contributed by atoms with Crippen molar-refractivity contribution in [2.24, 2.45) is 5.73 Å². The molecule has 0 saturated heterocycles. The van der Waals surface area contributed by atoms with Gasteiger partial charge in [-0.25, -0.2) is 0 Å². The van der Waals surface area contributed by atoms with Crippen molar-refractivity contribution < 1.29 is 5.11 Å². The highest BCUT2D eigenvalue weighted by Gasteiger charge is 2.25. The number of hydrogen-bond donors (Lipinski definition) is 2.